The molecule has 2 aromatic carbocycles. The Hall–Kier alpha value is -2.71. The van der Waals surface area contributed by atoms with Gasteiger partial charge in [-0.05, 0) is 56.3 Å². The minimum absolute atomic E-state index is 0.128. The van der Waals surface area contributed by atoms with Gasteiger partial charge in [-0.25, -0.2) is 8.42 Å². The van der Waals surface area contributed by atoms with Crippen molar-refractivity contribution in [2.24, 2.45) is 0 Å². The van der Waals surface area contributed by atoms with Gasteiger partial charge in [0.05, 0.1) is 4.90 Å². The minimum Gasteiger partial charge on any atom is -0.326 e. The smallest absolute Gasteiger partial charge is 0.255 e. The molecule has 2 amide bonds. The van der Waals surface area contributed by atoms with Gasteiger partial charge in [-0.2, -0.15) is 4.31 Å². The second-order valence-electron chi connectivity index (χ2n) is 6.36. The summed E-state index contributed by atoms with van der Waals surface area (Å²) in [5.41, 5.74) is 1.41. The number of rotatable bonds is 6. The highest BCUT2D eigenvalue weighted by molar-refractivity contribution is 7.89. The first-order valence-electron chi connectivity index (χ1n) is 8.38. The van der Waals surface area contributed by atoms with Gasteiger partial charge < -0.3 is 10.6 Å². The van der Waals surface area contributed by atoms with E-state index in [1.807, 2.05) is 0 Å². The zero-order valence-corrected chi connectivity index (χ0v) is 16.5. The molecule has 0 atom stereocenters. The molecule has 0 saturated carbocycles. The second-order valence-corrected chi connectivity index (χ2v) is 8.35. The molecule has 0 bridgehead atoms. The van der Waals surface area contributed by atoms with Crippen LogP contribution in [0.25, 0.3) is 0 Å². The number of hydrogen-bond acceptors (Lipinski definition) is 4. The van der Waals surface area contributed by atoms with E-state index in [1.165, 1.54) is 42.5 Å². The molecule has 2 N–H and O–H groups in total. The summed E-state index contributed by atoms with van der Waals surface area (Å²) < 4.78 is 26.2. The van der Waals surface area contributed by atoms with Gasteiger partial charge in [0.15, 0.2) is 0 Å². The fraction of sp³-hybridized carbons (Fsp3) is 0.263. The van der Waals surface area contributed by atoms with Crippen LogP contribution in [0.2, 0.25) is 0 Å². The van der Waals surface area contributed by atoms with Crippen molar-refractivity contribution in [1.82, 2.24) is 4.31 Å². The molecule has 0 aliphatic heterocycles. The number of nitrogens with one attached hydrogen (secondary N) is 2. The van der Waals surface area contributed by atoms with Crippen molar-refractivity contribution in [2.75, 3.05) is 17.7 Å². The highest BCUT2D eigenvalue weighted by atomic mass is 32.2. The number of nitrogens with zero attached hydrogens (tertiary/aromatic N) is 1. The molecule has 0 aliphatic carbocycles. The van der Waals surface area contributed by atoms with Crippen molar-refractivity contribution in [3.05, 3.63) is 54.1 Å². The van der Waals surface area contributed by atoms with E-state index in [0.29, 0.717) is 16.9 Å². The number of amides is 2. The summed E-state index contributed by atoms with van der Waals surface area (Å²) in [5.74, 6) is -0.585. The van der Waals surface area contributed by atoms with Crippen molar-refractivity contribution in [1.29, 1.82) is 0 Å². The van der Waals surface area contributed by atoms with E-state index in [0.717, 1.165) is 0 Å². The molecule has 7 nitrogen and oxygen atoms in total. The molecule has 8 heteroatoms. The van der Waals surface area contributed by atoms with Crippen LogP contribution in [-0.4, -0.2) is 37.6 Å². The molecule has 0 saturated heterocycles. The topological polar surface area (TPSA) is 95.6 Å². The Labute approximate surface area is 159 Å². The molecule has 0 aromatic heterocycles. The van der Waals surface area contributed by atoms with Crippen LogP contribution in [0.1, 0.15) is 31.1 Å². The van der Waals surface area contributed by atoms with E-state index in [9.17, 15) is 18.0 Å². The molecular weight excluding hydrogens is 366 g/mol. The Balaban J connectivity index is 2.16. The Kier molecular flexibility index (Phi) is 6.35. The van der Waals surface area contributed by atoms with Gasteiger partial charge >= 0.3 is 0 Å². The lowest BCUT2D eigenvalue weighted by molar-refractivity contribution is -0.114. The van der Waals surface area contributed by atoms with Crippen LogP contribution in [0.3, 0.4) is 0 Å². The molecule has 27 heavy (non-hydrogen) atoms. The van der Waals surface area contributed by atoms with Gasteiger partial charge in [0.25, 0.3) is 5.91 Å². The summed E-state index contributed by atoms with van der Waals surface area (Å²) in [6.45, 7) is 4.97. The normalized spacial score (nSPS) is 11.5. The maximum atomic E-state index is 12.5. The summed E-state index contributed by atoms with van der Waals surface area (Å²) in [4.78, 5) is 23.6. The Morgan fingerprint density at radius 1 is 0.963 bits per heavy atom. The summed E-state index contributed by atoms with van der Waals surface area (Å²) in [5, 5.41) is 5.36. The standard InChI is InChI=1S/C19H23N3O4S/c1-13(2)22(4)27(25,26)18-10-8-15(9-11-18)19(24)21-17-7-5-6-16(12-17)20-14(3)23/h5-13H,1-4H3,(H,20,23)(H,21,24). The fourth-order valence-electron chi connectivity index (χ4n) is 2.30. The summed E-state index contributed by atoms with van der Waals surface area (Å²) in [6, 6.07) is 12.3. The number of anilines is 2. The third-order valence-corrected chi connectivity index (χ3v) is 6.01. The Morgan fingerprint density at radius 2 is 1.52 bits per heavy atom. The lowest BCUT2D eigenvalue weighted by Crippen LogP contribution is -2.33. The third kappa shape index (κ3) is 5.15. The lowest BCUT2D eigenvalue weighted by atomic mass is 10.2. The molecular formula is C19H23N3O4S. The van der Waals surface area contributed by atoms with Gasteiger partial charge in [-0.1, -0.05) is 6.07 Å². The predicted octanol–water partition coefficient (Wildman–Crippen LogP) is 2.93. The van der Waals surface area contributed by atoms with Gasteiger partial charge in [-0.3, -0.25) is 9.59 Å². The Morgan fingerprint density at radius 3 is 2.04 bits per heavy atom. The number of carbonyl (C=O) groups is 2. The van der Waals surface area contributed by atoms with Crippen LogP contribution in [0.5, 0.6) is 0 Å². The lowest BCUT2D eigenvalue weighted by Gasteiger charge is -2.21. The fourth-order valence-corrected chi connectivity index (χ4v) is 3.67. The average Bonchev–Trinajstić information content (AvgIpc) is 2.60. The highest BCUT2D eigenvalue weighted by Gasteiger charge is 2.23. The number of benzene rings is 2. The van der Waals surface area contributed by atoms with Gasteiger partial charge in [0.2, 0.25) is 15.9 Å². The van der Waals surface area contributed by atoms with Crippen LogP contribution in [-0.2, 0) is 14.8 Å². The van der Waals surface area contributed by atoms with Gasteiger partial charge in [-0.15, -0.1) is 0 Å². The maximum Gasteiger partial charge on any atom is 0.255 e. The third-order valence-electron chi connectivity index (χ3n) is 3.96. The zero-order chi connectivity index (χ0) is 20.2. The quantitative estimate of drug-likeness (QED) is 0.794. The van der Waals surface area contributed by atoms with Crippen LogP contribution in [0.15, 0.2) is 53.4 Å². The Bertz CT molecular complexity index is 938. The summed E-state index contributed by atoms with van der Waals surface area (Å²) in [6.07, 6.45) is 0. The van der Waals surface area contributed by atoms with E-state index >= 15 is 0 Å². The maximum absolute atomic E-state index is 12.5. The molecule has 2 rings (SSSR count). The number of sulfonamides is 1. The zero-order valence-electron chi connectivity index (χ0n) is 15.7. The first kappa shape index (κ1) is 20.6. The summed E-state index contributed by atoms with van der Waals surface area (Å²) >= 11 is 0. The molecule has 2 aromatic rings. The second kappa shape index (κ2) is 8.32. The molecule has 0 aliphatic rings. The predicted molar refractivity (Wildman–Crippen MR) is 105 cm³/mol. The van der Waals surface area contributed by atoms with Gasteiger partial charge in [0, 0.05) is 37.0 Å². The molecule has 0 radical (unpaired) electrons. The van der Waals surface area contributed by atoms with Crippen molar-refractivity contribution < 1.29 is 18.0 Å². The van der Waals surface area contributed by atoms with E-state index in [1.54, 1.807) is 38.1 Å². The molecule has 144 valence electrons. The van der Waals surface area contributed by atoms with E-state index in [-0.39, 0.29) is 22.8 Å². The molecule has 0 fully saturated rings. The van der Waals surface area contributed by atoms with Crippen molar-refractivity contribution in [3.8, 4) is 0 Å². The number of hydrogen-bond donors (Lipinski definition) is 2. The van der Waals surface area contributed by atoms with Crippen molar-refractivity contribution >= 4 is 33.2 Å². The molecule has 0 unspecified atom stereocenters. The monoisotopic (exact) mass is 389 g/mol. The van der Waals surface area contributed by atoms with E-state index in [4.69, 9.17) is 0 Å². The van der Waals surface area contributed by atoms with Crippen molar-refractivity contribution in [3.63, 3.8) is 0 Å². The summed E-state index contributed by atoms with van der Waals surface area (Å²) in [7, 11) is -2.08. The highest BCUT2D eigenvalue weighted by Crippen LogP contribution is 2.19. The van der Waals surface area contributed by atoms with Crippen LogP contribution in [0, 0.1) is 0 Å². The largest absolute Gasteiger partial charge is 0.326 e. The van der Waals surface area contributed by atoms with E-state index < -0.39 is 10.0 Å². The minimum atomic E-state index is -3.60. The molecule has 0 spiro atoms. The van der Waals surface area contributed by atoms with Gasteiger partial charge in [0.1, 0.15) is 0 Å². The average molecular weight is 389 g/mol. The van der Waals surface area contributed by atoms with Crippen molar-refractivity contribution in [2.45, 2.75) is 31.7 Å². The number of carbonyl (C=O) groups excluding carboxylic acids is 2. The first-order valence-corrected chi connectivity index (χ1v) is 9.82. The SMILES string of the molecule is CC(=O)Nc1cccc(NC(=O)c2ccc(S(=O)(=O)N(C)C(C)C)cc2)c1. The van der Waals surface area contributed by atoms with E-state index in [2.05, 4.69) is 10.6 Å². The van der Waals surface area contributed by atoms with Crippen LogP contribution in [0.4, 0.5) is 11.4 Å². The van der Waals surface area contributed by atoms with Crippen LogP contribution >= 0.6 is 0 Å². The van der Waals surface area contributed by atoms with Crippen LogP contribution < -0.4 is 10.6 Å². The molecule has 0 heterocycles. The first-order chi connectivity index (χ1) is 12.6.